The molecule has 1 atom stereocenters. The number of ether oxygens (including phenoxy) is 3. The maximum absolute atomic E-state index is 12.3. The van der Waals surface area contributed by atoms with Crippen molar-refractivity contribution in [2.45, 2.75) is 12.7 Å². The predicted octanol–water partition coefficient (Wildman–Crippen LogP) is 1.62. The Kier molecular flexibility index (Phi) is 3.71. The van der Waals surface area contributed by atoms with Crippen molar-refractivity contribution in [3.8, 4) is 0 Å². The summed E-state index contributed by atoms with van der Waals surface area (Å²) < 4.78 is 14.7. The molecule has 1 aliphatic heterocycles. The number of hydrogen-bond donors (Lipinski definition) is 0. The lowest BCUT2D eigenvalue weighted by Gasteiger charge is -2.22. The number of carbonyl (C=O) groups excluding carboxylic acids is 3. The first kappa shape index (κ1) is 14.0. The molecule has 0 aliphatic carbocycles. The van der Waals surface area contributed by atoms with Crippen molar-refractivity contribution in [2.75, 3.05) is 13.7 Å². The summed E-state index contributed by atoms with van der Waals surface area (Å²) in [5.74, 6) is -2.89. The highest BCUT2D eigenvalue weighted by atomic mass is 16.7. The minimum absolute atomic E-state index is 0.0290. The van der Waals surface area contributed by atoms with E-state index in [2.05, 4.69) is 4.74 Å². The maximum Gasteiger partial charge on any atom is 0.429 e. The topological polar surface area (TPSA) is 82.1 Å². The molecule has 1 heterocycles. The Morgan fingerprint density at radius 1 is 1.30 bits per heavy atom. The Hall–Kier alpha value is -2.41. The summed E-state index contributed by atoms with van der Waals surface area (Å²) in [6.45, 7) is 1.59. The summed E-state index contributed by atoms with van der Waals surface area (Å²) in [7, 11) is 1.22. The zero-order valence-electron chi connectivity index (χ0n) is 11.0. The number of amides is 3. The molecule has 0 N–H and O–H groups in total. The van der Waals surface area contributed by atoms with Gasteiger partial charge in [0.05, 0.1) is 6.61 Å². The minimum Gasteiger partial charge on any atom is -0.449 e. The molecule has 3 amide bonds. The number of hydrogen-bond acceptors (Lipinski definition) is 6. The van der Waals surface area contributed by atoms with Crippen LogP contribution < -0.4 is 0 Å². The zero-order valence-corrected chi connectivity index (χ0v) is 11.0. The highest BCUT2D eigenvalue weighted by molar-refractivity contribution is 6.13. The molecule has 1 saturated heterocycles. The molecule has 1 aromatic carbocycles. The smallest absolute Gasteiger partial charge is 0.429 e. The Morgan fingerprint density at radius 2 is 1.95 bits per heavy atom. The van der Waals surface area contributed by atoms with Gasteiger partial charge in [-0.2, -0.15) is 0 Å². The second-order valence-electron chi connectivity index (χ2n) is 3.89. The highest BCUT2D eigenvalue weighted by Gasteiger charge is 2.59. The quantitative estimate of drug-likeness (QED) is 0.836. The van der Waals surface area contributed by atoms with Crippen LogP contribution in [0.2, 0.25) is 0 Å². The van der Waals surface area contributed by atoms with Crippen LogP contribution in [0.1, 0.15) is 12.5 Å². The molecule has 1 aliphatic rings. The van der Waals surface area contributed by atoms with Crippen molar-refractivity contribution in [2.24, 2.45) is 0 Å². The van der Waals surface area contributed by atoms with E-state index in [9.17, 15) is 14.4 Å². The van der Waals surface area contributed by atoms with Gasteiger partial charge in [0.2, 0.25) is 0 Å². The number of imide groups is 3. The van der Waals surface area contributed by atoms with Gasteiger partial charge in [0.15, 0.2) is 0 Å². The first-order valence-corrected chi connectivity index (χ1v) is 5.91. The molecule has 0 saturated carbocycles. The van der Waals surface area contributed by atoms with Gasteiger partial charge in [0, 0.05) is 12.7 Å². The molecule has 7 nitrogen and oxygen atoms in total. The van der Waals surface area contributed by atoms with Crippen molar-refractivity contribution in [1.82, 2.24) is 4.90 Å². The van der Waals surface area contributed by atoms with E-state index < -0.39 is 23.9 Å². The first-order valence-electron chi connectivity index (χ1n) is 5.91. The summed E-state index contributed by atoms with van der Waals surface area (Å²) in [5.41, 5.74) is 0.313. The molecule has 20 heavy (non-hydrogen) atoms. The molecule has 7 heteroatoms. The van der Waals surface area contributed by atoms with Gasteiger partial charge in [-0.15, -0.1) is 4.90 Å². The van der Waals surface area contributed by atoms with Crippen LogP contribution in [0, 0.1) is 0 Å². The van der Waals surface area contributed by atoms with Crippen molar-refractivity contribution in [1.29, 1.82) is 0 Å². The number of carbonyl (C=O) groups is 3. The summed E-state index contributed by atoms with van der Waals surface area (Å²) in [6.07, 6.45) is -2.21. The van der Waals surface area contributed by atoms with E-state index in [0.717, 1.165) is 0 Å². The molecule has 1 fully saturated rings. The Bertz CT molecular complexity index is 543. The van der Waals surface area contributed by atoms with Gasteiger partial charge in [0.1, 0.15) is 0 Å². The van der Waals surface area contributed by atoms with Crippen molar-refractivity contribution < 1.29 is 28.6 Å². The van der Waals surface area contributed by atoms with Gasteiger partial charge in [-0.1, -0.05) is 30.3 Å². The van der Waals surface area contributed by atoms with Crippen molar-refractivity contribution in [3.05, 3.63) is 35.9 Å². The molecule has 0 aromatic heterocycles. The summed E-state index contributed by atoms with van der Waals surface area (Å²) >= 11 is 0. The largest absolute Gasteiger partial charge is 0.449 e. The van der Waals surface area contributed by atoms with Crippen LogP contribution in [-0.2, 0) is 24.8 Å². The lowest BCUT2D eigenvalue weighted by Crippen LogP contribution is -2.43. The fraction of sp³-hybridized carbons (Fsp3) is 0.308. The third kappa shape index (κ3) is 2.01. The SMILES string of the molecule is CCOC(=O)N1C(=O)OC(OC)(c2ccccc2)C1=O. The molecule has 0 bridgehead atoms. The van der Waals surface area contributed by atoms with Crippen LogP contribution in [0.5, 0.6) is 0 Å². The van der Waals surface area contributed by atoms with Gasteiger partial charge >= 0.3 is 23.9 Å². The minimum atomic E-state index is -1.95. The van der Waals surface area contributed by atoms with Crippen LogP contribution in [0.3, 0.4) is 0 Å². The molecule has 0 spiro atoms. The van der Waals surface area contributed by atoms with Crippen LogP contribution in [0.15, 0.2) is 30.3 Å². The van der Waals surface area contributed by atoms with Crippen molar-refractivity contribution >= 4 is 18.1 Å². The van der Waals surface area contributed by atoms with E-state index in [0.29, 0.717) is 10.5 Å². The van der Waals surface area contributed by atoms with Gasteiger partial charge in [-0.3, -0.25) is 4.79 Å². The normalized spacial score (nSPS) is 21.8. The standard InChI is InChI=1S/C13H13NO6/c1-3-19-11(16)14-10(15)13(18-2,20-12(14)17)9-7-5-4-6-8-9/h4-8H,3H2,1-2H3. The summed E-state index contributed by atoms with van der Waals surface area (Å²) in [4.78, 5) is 36.0. The number of methoxy groups -OCH3 is 1. The van der Waals surface area contributed by atoms with E-state index in [4.69, 9.17) is 9.47 Å². The average molecular weight is 279 g/mol. The van der Waals surface area contributed by atoms with E-state index >= 15 is 0 Å². The zero-order chi connectivity index (χ0) is 14.8. The second-order valence-corrected chi connectivity index (χ2v) is 3.89. The Morgan fingerprint density at radius 3 is 2.50 bits per heavy atom. The second kappa shape index (κ2) is 5.30. The third-order valence-electron chi connectivity index (χ3n) is 2.79. The molecule has 2 rings (SSSR count). The maximum atomic E-state index is 12.3. The van der Waals surface area contributed by atoms with Crippen LogP contribution in [0.4, 0.5) is 9.59 Å². The fourth-order valence-electron chi connectivity index (χ4n) is 1.87. The highest BCUT2D eigenvalue weighted by Crippen LogP contribution is 2.35. The molecule has 1 unspecified atom stereocenters. The fourth-order valence-corrected chi connectivity index (χ4v) is 1.87. The molecule has 106 valence electrons. The number of benzene rings is 1. The predicted molar refractivity (Wildman–Crippen MR) is 65.5 cm³/mol. The third-order valence-corrected chi connectivity index (χ3v) is 2.79. The average Bonchev–Trinajstić information content (AvgIpc) is 2.72. The van der Waals surface area contributed by atoms with Gasteiger partial charge in [-0.05, 0) is 6.92 Å². The first-order chi connectivity index (χ1) is 9.56. The Balaban J connectivity index is 2.41. The molecule has 1 aromatic rings. The van der Waals surface area contributed by atoms with Gasteiger partial charge in [-0.25, -0.2) is 9.59 Å². The van der Waals surface area contributed by atoms with E-state index in [1.807, 2.05) is 0 Å². The van der Waals surface area contributed by atoms with E-state index in [-0.39, 0.29) is 6.61 Å². The number of cyclic esters (lactones) is 1. The molecular weight excluding hydrogens is 266 g/mol. The lowest BCUT2D eigenvalue weighted by molar-refractivity contribution is -0.187. The molecule has 0 radical (unpaired) electrons. The lowest BCUT2D eigenvalue weighted by atomic mass is 10.1. The van der Waals surface area contributed by atoms with E-state index in [1.54, 1.807) is 37.3 Å². The van der Waals surface area contributed by atoms with Crippen LogP contribution in [0.25, 0.3) is 0 Å². The molecular formula is C13H13NO6. The Labute approximate surface area is 115 Å². The van der Waals surface area contributed by atoms with Crippen molar-refractivity contribution in [3.63, 3.8) is 0 Å². The summed E-state index contributed by atoms with van der Waals surface area (Å²) in [5, 5.41) is 0. The number of nitrogens with zero attached hydrogens (tertiary/aromatic N) is 1. The van der Waals surface area contributed by atoms with E-state index in [1.165, 1.54) is 7.11 Å². The van der Waals surface area contributed by atoms with Gasteiger partial charge in [0.25, 0.3) is 0 Å². The van der Waals surface area contributed by atoms with Crippen LogP contribution in [-0.4, -0.2) is 36.7 Å². The number of rotatable bonds is 3. The summed E-state index contributed by atoms with van der Waals surface area (Å²) in [6, 6.07) is 8.17. The van der Waals surface area contributed by atoms with Gasteiger partial charge < -0.3 is 14.2 Å². The monoisotopic (exact) mass is 279 g/mol. The van der Waals surface area contributed by atoms with Crippen LogP contribution >= 0.6 is 0 Å².